The summed E-state index contributed by atoms with van der Waals surface area (Å²) in [4.78, 5) is 4.36. The second-order valence-electron chi connectivity index (χ2n) is 5.57. The van der Waals surface area contributed by atoms with Crippen molar-refractivity contribution < 1.29 is 9.26 Å². The Bertz CT molecular complexity index is 1030. The molecule has 2 aromatic heterocycles. The molecule has 0 N–H and O–H groups in total. The van der Waals surface area contributed by atoms with Crippen LogP contribution >= 0.6 is 0 Å². The zero-order valence-corrected chi connectivity index (χ0v) is 13.7. The lowest BCUT2D eigenvalue weighted by atomic mass is 10.2. The fraction of sp³-hybridized carbons (Fsp3) is 0.0500. The van der Waals surface area contributed by atoms with Crippen LogP contribution in [0.15, 0.2) is 77.6 Å². The van der Waals surface area contributed by atoms with E-state index in [4.69, 9.17) is 14.5 Å². The Morgan fingerprint density at radius 1 is 1.00 bits per heavy atom. The summed E-state index contributed by atoms with van der Waals surface area (Å²) in [5.41, 5.74) is 2.52. The minimum atomic E-state index is 0.167. The molecule has 6 nitrogen and oxygen atoms in total. The van der Waals surface area contributed by atoms with Crippen LogP contribution in [0.2, 0.25) is 0 Å². The normalized spacial score (nSPS) is 10.4. The van der Waals surface area contributed by atoms with Crippen molar-refractivity contribution in [3.05, 3.63) is 84.5 Å². The van der Waals surface area contributed by atoms with Gasteiger partial charge in [0, 0.05) is 23.6 Å². The molecule has 0 aliphatic carbocycles. The highest BCUT2D eigenvalue weighted by Gasteiger charge is 2.09. The second-order valence-corrected chi connectivity index (χ2v) is 5.57. The van der Waals surface area contributed by atoms with Crippen LogP contribution in [0.25, 0.3) is 17.1 Å². The van der Waals surface area contributed by atoms with Gasteiger partial charge in [-0.15, -0.1) is 0 Å². The van der Waals surface area contributed by atoms with Gasteiger partial charge in [0.2, 0.25) is 5.82 Å². The third-order valence-electron chi connectivity index (χ3n) is 3.84. The predicted molar refractivity (Wildman–Crippen MR) is 94.5 cm³/mol. The third kappa shape index (κ3) is 3.32. The van der Waals surface area contributed by atoms with Gasteiger partial charge in [-0.1, -0.05) is 5.16 Å². The SMILES string of the molecule is N#Cc1ccc(OCc2nc(-c3ccc(-n4cccc4)cc3)no2)cc1. The van der Waals surface area contributed by atoms with Gasteiger partial charge in [0.05, 0.1) is 11.6 Å². The smallest absolute Gasteiger partial charge is 0.264 e. The van der Waals surface area contributed by atoms with E-state index in [1.807, 2.05) is 53.4 Å². The summed E-state index contributed by atoms with van der Waals surface area (Å²) in [7, 11) is 0. The maximum atomic E-state index is 8.79. The van der Waals surface area contributed by atoms with E-state index in [2.05, 4.69) is 16.2 Å². The van der Waals surface area contributed by atoms with E-state index >= 15 is 0 Å². The molecule has 0 amide bonds. The van der Waals surface area contributed by atoms with Crippen LogP contribution < -0.4 is 4.74 Å². The van der Waals surface area contributed by atoms with E-state index in [0.29, 0.717) is 23.0 Å². The molecule has 2 aromatic carbocycles. The standard InChI is InChI=1S/C20H14N4O2/c21-13-15-3-9-18(10-4-15)25-14-19-22-20(23-26-19)16-5-7-17(8-6-16)24-11-1-2-12-24/h1-12H,14H2. The van der Waals surface area contributed by atoms with Crippen molar-refractivity contribution in [3.8, 4) is 28.9 Å². The van der Waals surface area contributed by atoms with E-state index in [-0.39, 0.29) is 6.61 Å². The first-order valence-corrected chi connectivity index (χ1v) is 8.01. The number of benzene rings is 2. The lowest BCUT2D eigenvalue weighted by molar-refractivity contribution is 0.243. The maximum absolute atomic E-state index is 8.79. The topological polar surface area (TPSA) is 76.9 Å². The van der Waals surface area contributed by atoms with E-state index in [1.165, 1.54) is 0 Å². The molecular formula is C20H14N4O2. The molecule has 0 saturated heterocycles. The van der Waals surface area contributed by atoms with Crippen LogP contribution in [-0.2, 0) is 6.61 Å². The molecule has 0 spiro atoms. The van der Waals surface area contributed by atoms with Gasteiger partial charge in [-0.25, -0.2) is 0 Å². The molecule has 0 aliphatic heterocycles. The summed E-state index contributed by atoms with van der Waals surface area (Å²) in [5.74, 6) is 1.54. The first-order valence-electron chi connectivity index (χ1n) is 8.01. The molecule has 6 heteroatoms. The van der Waals surface area contributed by atoms with Gasteiger partial charge in [-0.05, 0) is 60.7 Å². The number of nitrogens with zero attached hydrogens (tertiary/aromatic N) is 4. The van der Waals surface area contributed by atoms with Crippen LogP contribution in [0.5, 0.6) is 5.75 Å². The van der Waals surface area contributed by atoms with Crippen LogP contribution in [0.1, 0.15) is 11.5 Å². The Morgan fingerprint density at radius 2 is 1.73 bits per heavy atom. The van der Waals surface area contributed by atoms with Crippen molar-refractivity contribution in [1.82, 2.24) is 14.7 Å². The van der Waals surface area contributed by atoms with Crippen LogP contribution in [0, 0.1) is 11.3 Å². The van der Waals surface area contributed by atoms with E-state index < -0.39 is 0 Å². The molecule has 0 radical (unpaired) electrons. The Labute approximate surface area is 149 Å². The maximum Gasteiger partial charge on any atom is 0.264 e. The molecule has 0 atom stereocenters. The van der Waals surface area contributed by atoms with Gasteiger partial charge in [0.1, 0.15) is 5.75 Å². The van der Waals surface area contributed by atoms with E-state index in [1.54, 1.807) is 24.3 Å². The molecule has 126 valence electrons. The lowest BCUT2D eigenvalue weighted by Gasteiger charge is -2.03. The molecule has 4 aromatic rings. The average Bonchev–Trinajstić information content (AvgIpc) is 3.39. The second kappa shape index (κ2) is 6.95. The first-order chi connectivity index (χ1) is 12.8. The van der Waals surface area contributed by atoms with Gasteiger partial charge in [-0.3, -0.25) is 0 Å². The molecular weight excluding hydrogens is 328 g/mol. The molecule has 4 rings (SSSR count). The van der Waals surface area contributed by atoms with Gasteiger partial charge >= 0.3 is 0 Å². The monoisotopic (exact) mass is 342 g/mol. The van der Waals surface area contributed by atoms with Crippen molar-refractivity contribution >= 4 is 0 Å². The molecule has 0 saturated carbocycles. The van der Waals surface area contributed by atoms with Crippen molar-refractivity contribution in [3.63, 3.8) is 0 Å². The summed E-state index contributed by atoms with van der Waals surface area (Å²) in [6.07, 6.45) is 3.98. The highest BCUT2D eigenvalue weighted by Crippen LogP contribution is 2.19. The Balaban J connectivity index is 1.43. The summed E-state index contributed by atoms with van der Waals surface area (Å²) >= 11 is 0. The molecule has 0 aliphatic rings. The van der Waals surface area contributed by atoms with Crippen molar-refractivity contribution in [2.75, 3.05) is 0 Å². The fourth-order valence-electron chi connectivity index (χ4n) is 2.49. The zero-order valence-electron chi connectivity index (χ0n) is 13.7. The Kier molecular flexibility index (Phi) is 4.19. The summed E-state index contributed by atoms with van der Waals surface area (Å²) in [6, 6.07) is 20.8. The van der Waals surface area contributed by atoms with Crippen molar-refractivity contribution in [2.45, 2.75) is 6.61 Å². The van der Waals surface area contributed by atoms with Crippen LogP contribution in [-0.4, -0.2) is 14.7 Å². The quantitative estimate of drug-likeness (QED) is 0.548. The lowest BCUT2D eigenvalue weighted by Crippen LogP contribution is -1.95. The number of aromatic nitrogens is 3. The Morgan fingerprint density at radius 3 is 2.42 bits per heavy atom. The van der Waals surface area contributed by atoms with Gasteiger partial charge < -0.3 is 13.8 Å². The minimum Gasteiger partial charge on any atom is -0.484 e. The molecule has 26 heavy (non-hydrogen) atoms. The Hall–Kier alpha value is -3.85. The largest absolute Gasteiger partial charge is 0.484 e. The van der Waals surface area contributed by atoms with Gasteiger partial charge in [0.25, 0.3) is 5.89 Å². The third-order valence-corrected chi connectivity index (χ3v) is 3.84. The highest BCUT2D eigenvalue weighted by molar-refractivity contribution is 5.56. The number of hydrogen-bond acceptors (Lipinski definition) is 5. The summed E-state index contributed by atoms with van der Waals surface area (Å²) in [6.45, 7) is 0.167. The number of hydrogen-bond donors (Lipinski definition) is 0. The average molecular weight is 342 g/mol. The predicted octanol–water partition coefficient (Wildman–Crippen LogP) is 3.98. The van der Waals surface area contributed by atoms with Gasteiger partial charge in [-0.2, -0.15) is 10.2 Å². The number of nitriles is 1. The fourth-order valence-corrected chi connectivity index (χ4v) is 2.49. The summed E-state index contributed by atoms with van der Waals surface area (Å²) < 4.78 is 12.9. The number of rotatable bonds is 5. The van der Waals surface area contributed by atoms with Crippen molar-refractivity contribution in [2.24, 2.45) is 0 Å². The van der Waals surface area contributed by atoms with Crippen molar-refractivity contribution in [1.29, 1.82) is 5.26 Å². The summed E-state index contributed by atoms with van der Waals surface area (Å²) in [5, 5.41) is 12.8. The zero-order chi connectivity index (χ0) is 17.8. The molecule has 0 bridgehead atoms. The molecule has 0 unspecified atom stereocenters. The minimum absolute atomic E-state index is 0.167. The van der Waals surface area contributed by atoms with Gasteiger partial charge in [0.15, 0.2) is 6.61 Å². The van der Waals surface area contributed by atoms with Crippen LogP contribution in [0.3, 0.4) is 0 Å². The van der Waals surface area contributed by atoms with Crippen LogP contribution in [0.4, 0.5) is 0 Å². The highest BCUT2D eigenvalue weighted by atomic mass is 16.5. The van der Waals surface area contributed by atoms with E-state index in [0.717, 1.165) is 11.3 Å². The van der Waals surface area contributed by atoms with E-state index in [9.17, 15) is 0 Å². The number of ether oxygens (including phenoxy) is 1. The molecule has 2 heterocycles. The first kappa shape index (κ1) is 15.7. The molecule has 0 fully saturated rings.